The van der Waals surface area contributed by atoms with Crippen LogP contribution < -0.4 is 0 Å². The molecular formula is C12H15NO. The summed E-state index contributed by atoms with van der Waals surface area (Å²) in [4.78, 5) is 13.3. The maximum Gasteiger partial charge on any atom is 0.225 e. The van der Waals surface area contributed by atoms with E-state index in [1.165, 1.54) is 5.56 Å². The van der Waals surface area contributed by atoms with Crippen molar-refractivity contribution in [3.05, 3.63) is 35.9 Å². The second-order valence-corrected chi connectivity index (χ2v) is 4.09. The summed E-state index contributed by atoms with van der Waals surface area (Å²) in [5.41, 5.74) is 1.30. The second kappa shape index (κ2) is 3.45. The summed E-state index contributed by atoms with van der Waals surface area (Å²) < 4.78 is 0. The lowest BCUT2D eigenvalue weighted by atomic mass is 10.1. The molecule has 1 aromatic carbocycles. The van der Waals surface area contributed by atoms with Crippen LogP contribution in [0.15, 0.2) is 30.3 Å². The number of rotatable bonds is 2. The summed E-state index contributed by atoms with van der Waals surface area (Å²) in [7, 11) is 3.64. The van der Waals surface area contributed by atoms with Crippen LogP contribution in [0.1, 0.15) is 17.9 Å². The van der Waals surface area contributed by atoms with Gasteiger partial charge in [-0.05, 0) is 17.9 Å². The molecule has 1 saturated carbocycles. The number of carbonyl (C=O) groups excluding carboxylic acids is 1. The van der Waals surface area contributed by atoms with Crippen LogP contribution in [-0.4, -0.2) is 24.9 Å². The van der Waals surface area contributed by atoms with E-state index in [-0.39, 0.29) is 11.8 Å². The predicted octanol–water partition coefficient (Wildman–Crippen LogP) is 1.88. The van der Waals surface area contributed by atoms with Gasteiger partial charge in [-0.1, -0.05) is 30.3 Å². The van der Waals surface area contributed by atoms with Crippen molar-refractivity contribution >= 4 is 5.91 Å². The number of nitrogens with zero attached hydrogens (tertiary/aromatic N) is 1. The first-order valence-corrected chi connectivity index (χ1v) is 4.96. The average molecular weight is 189 g/mol. The van der Waals surface area contributed by atoms with E-state index in [4.69, 9.17) is 0 Å². The molecule has 1 aliphatic rings. The zero-order valence-electron chi connectivity index (χ0n) is 8.60. The monoisotopic (exact) mass is 189 g/mol. The molecule has 1 aromatic rings. The number of hydrogen-bond donors (Lipinski definition) is 0. The molecule has 0 aromatic heterocycles. The third-order valence-electron chi connectivity index (χ3n) is 2.78. The highest BCUT2D eigenvalue weighted by molar-refractivity contribution is 5.82. The van der Waals surface area contributed by atoms with Gasteiger partial charge in [0.25, 0.3) is 0 Å². The Morgan fingerprint density at radius 2 is 1.93 bits per heavy atom. The fourth-order valence-corrected chi connectivity index (χ4v) is 1.87. The van der Waals surface area contributed by atoms with Crippen molar-refractivity contribution in [2.24, 2.45) is 5.92 Å². The summed E-state index contributed by atoms with van der Waals surface area (Å²) in [5.74, 6) is 0.956. The largest absolute Gasteiger partial charge is 0.349 e. The standard InChI is InChI=1S/C12H15NO/c1-13(2)12(14)11-8-10(11)9-6-4-3-5-7-9/h3-7,10-11H,8H2,1-2H3/t10-,11-/m0/s1. The van der Waals surface area contributed by atoms with Crippen LogP contribution in [0, 0.1) is 5.92 Å². The van der Waals surface area contributed by atoms with Crippen LogP contribution >= 0.6 is 0 Å². The fraction of sp³-hybridized carbons (Fsp3) is 0.417. The zero-order chi connectivity index (χ0) is 10.1. The summed E-state index contributed by atoms with van der Waals surface area (Å²) in [5, 5.41) is 0. The van der Waals surface area contributed by atoms with Gasteiger partial charge < -0.3 is 4.90 Å². The fourth-order valence-electron chi connectivity index (χ4n) is 1.87. The van der Waals surface area contributed by atoms with Crippen molar-refractivity contribution in [2.45, 2.75) is 12.3 Å². The second-order valence-electron chi connectivity index (χ2n) is 4.09. The average Bonchev–Trinajstić information content (AvgIpc) is 2.97. The van der Waals surface area contributed by atoms with Crippen molar-refractivity contribution in [1.29, 1.82) is 0 Å². The molecule has 1 aliphatic carbocycles. The van der Waals surface area contributed by atoms with Gasteiger partial charge >= 0.3 is 0 Å². The van der Waals surface area contributed by atoms with Gasteiger partial charge in [-0.15, -0.1) is 0 Å². The zero-order valence-corrected chi connectivity index (χ0v) is 8.60. The Hall–Kier alpha value is -1.31. The summed E-state index contributed by atoms with van der Waals surface area (Å²) >= 11 is 0. The quantitative estimate of drug-likeness (QED) is 0.695. The third kappa shape index (κ3) is 1.65. The number of carbonyl (C=O) groups is 1. The van der Waals surface area contributed by atoms with Crippen molar-refractivity contribution < 1.29 is 4.79 Å². The maximum absolute atomic E-state index is 11.6. The van der Waals surface area contributed by atoms with Crippen LogP contribution in [0.2, 0.25) is 0 Å². The third-order valence-corrected chi connectivity index (χ3v) is 2.78. The number of benzene rings is 1. The van der Waals surface area contributed by atoms with E-state index in [1.807, 2.05) is 32.3 Å². The van der Waals surface area contributed by atoms with Gasteiger partial charge in [0.05, 0.1) is 0 Å². The van der Waals surface area contributed by atoms with Gasteiger partial charge in [0.2, 0.25) is 5.91 Å². The van der Waals surface area contributed by atoms with Crippen molar-refractivity contribution in [3.63, 3.8) is 0 Å². The molecular weight excluding hydrogens is 174 g/mol. The lowest BCUT2D eigenvalue weighted by molar-refractivity contribution is -0.130. The van der Waals surface area contributed by atoms with E-state index in [2.05, 4.69) is 12.1 Å². The first-order chi connectivity index (χ1) is 6.70. The summed E-state index contributed by atoms with van der Waals surface area (Å²) in [6.45, 7) is 0. The van der Waals surface area contributed by atoms with E-state index in [0.29, 0.717) is 5.92 Å². The minimum Gasteiger partial charge on any atom is -0.349 e. The van der Waals surface area contributed by atoms with Gasteiger partial charge in [0, 0.05) is 20.0 Å². The van der Waals surface area contributed by atoms with E-state index < -0.39 is 0 Å². The molecule has 0 saturated heterocycles. The molecule has 0 N–H and O–H groups in total. The molecule has 0 radical (unpaired) electrons. The molecule has 2 atom stereocenters. The molecule has 0 unspecified atom stereocenters. The highest BCUT2D eigenvalue weighted by Gasteiger charge is 2.44. The van der Waals surface area contributed by atoms with Gasteiger partial charge in [-0.2, -0.15) is 0 Å². The molecule has 2 nitrogen and oxygen atoms in total. The lowest BCUT2D eigenvalue weighted by Gasteiger charge is -2.09. The van der Waals surface area contributed by atoms with E-state index in [9.17, 15) is 4.79 Å². The molecule has 2 heteroatoms. The lowest BCUT2D eigenvalue weighted by Crippen LogP contribution is -2.23. The molecule has 0 heterocycles. The Labute approximate surface area is 84.5 Å². The Balaban J connectivity index is 2.03. The maximum atomic E-state index is 11.6. The summed E-state index contributed by atoms with van der Waals surface area (Å²) in [6.07, 6.45) is 1.01. The predicted molar refractivity (Wildman–Crippen MR) is 56.0 cm³/mol. The van der Waals surface area contributed by atoms with Crippen LogP contribution in [0.25, 0.3) is 0 Å². The molecule has 0 bridgehead atoms. The molecule has 0 spiro atoms. The van der Waals surface area contributed by atoms with Crippen LogP contribution in [0.5, 0.6) is 0 Å². The minimum absolute atomic E-state index is 0.229. The minimum atomic E-state index is 0.229. The van der Waals surface area contributed by atoms with Crippen LogP contribution in [-0.2, 0) is 4.79 Å². The van der Waals surface area contributed by atoms with Gasteiger partial charge in [0.15, 0.2) is 0 Å². The Bertz CT molecular complexity index is 331. The molecule has 0 aliphatic heterocycles. The first-order valence-electron chi connectivity index (χ1n) is 4.96. The Morgan fingerprint density at radius 3 is 2.50 bits per heavy atom. The summed E-state index contributed by atoms with van der Waals surface area (Å²) in [6, 6.07) is 10.3. The van der Waals surface area contributed by atoms with E-state index in [1.54, 1.807) is 4.90 Å². The Morgan fingerprint density at radius 1 is 1.29 bits per heavy atom. The van der Waals surface area contributed by atoms with Crippen molar-refractivity contribution in [2.75, 3.05) is 14.1 Å². The van der Waals surface area contributed by atoms with Gasteiger partial charge in [-0.3, -0.25) is 4.79 Å². The van der Waals surface area contributed by atoms with Gasteiger partial charge in [0.1, 0.15) is 0 Å². The molecule has 14 heavy (non-hydrogen) atoms. The highest BCUT2D eigenvalue weighted by atomic mass is 16.2. The van der Waals surface area contributed by atoms with Crippen molar-refractivity contribution in [1.82, 2.24) is 4.90 Å². The topological polar surface area (TPSA) is 20.3 Å². The molecule has 1 amide bonds. The van der Waals surface area contributed by atoms with Gasteiger partial charge in [-0.25, -0.2) is 0 Å². The van der Waals surface area contributed by atoms with Crippen LogP contribution in [0.3, 0.4) is 0 Å². The first kappa shape index (κ1) is 9.25. The van der Waals surface area contributed by atoms with Crippen molar-refractivity contribution in [3.8, 4) is 0 Å². The number of amides is 1. The molecule has 1 fully saturated rings. The smallest absolute Gasteiger partial charge is 0.225 e. The normalized spacial score (nSPS) is 24.4. The SMILES string of the molecule is CN(C)C(=O)[C@H]1C[C@H]1c1ccccc1. The highest BCUT2D eigenvalue weighted by Crippen LogP contribution is 2.48. The molecule has 74 valence electrons. The van der Waals surface area contributed by atoms with E-state index >= 15 is 0 Å². The van der Waals surface area contributed by atoms with E-state index in [0.717, 1.165) is 6.42 Å². The number of hydrogen-bond acceptors (Lipinski definition) is 1. The van der Waals surface area contributed by atoms with Crippen LogP contribution in [0.4, 0.5) is 0 Å². The molecule has 2 rings (SSSR count). The Kier molecular flexibility index (Phi) is 2.28.